The number of halogens is 3. The number of carbonyl (C=O) groups is 1. The molecule has 3 rings (SSSR count). The first-order chi connectivity index (χ1) is 13.4. The van der Waals surface area contributed by atoms with Crippen molar-refractivity contribution in [3.8, 4) is 0 Å². The van der Waals surface area contributed by atoms with Crippen molar-refractivity contribution in [3.63, 3.8) is 0 Å². The number of nitrogens with one attached hydrogen (secondary N) is 3. The van der Waals surface area contributed by atoms with Crippen LogP contribution in [-0.4, -0.2) is 29.3 Å². The maximum absolute atomic E-state index is 13.1. The van der Waals surface area contributed by atoms with Crippen LogP contribution >= 0.6 is 0 Å². The van der Waals surface area contributed by atoms with E-state index in [1.54, 1.807) is 19.1 Å². The Kier molecular flexibility index (Phi) is 5.72. The summed E-state index contributed by atoms with van der Waals surface area (Å²) in [5.41, 5.74) is 1.44. The highest BCUT2D eigenvalue weighted by Gasteiger charge is 2.31. The Morgan fingerprint density at radius 2 is 2.04 bits per heavy atom. The van der Waals surface area contributed by atoms with Gasteiger partial charge in [0.25, 0.3) is 0 Å². The number of rotatable bonds is 7. The Hall–Kier alpha value is -3.23. The van der Waals surface area contributed by atoms with Crippen LogP contribution in [0.15, 0.2) is 42.6 Å². The molecule has 1 aromatic heterocycles. The van der Waals surface area contributed by atoms with E-state index in [9.17, 15) is 18.0 Å². The van der Waals surface area contributed by atoms with Gasteiger partial charge in [-0.2, -0.15) is 18.3 Å². The van der Waals surface area contributed by atoms with Crippen molar-refractivity contribution >= 4 is 28.2 Å². The molecule has 0 radical (unpaired) electrons. The van der Waals surface area contributed by atoms with Gasteiger partial charge in [0.2, 0.25) is 0 Å². The number of hydrogen-bond acceptors (Lipinski definition) is 5. The quantitative estimate of drug-likeness (QED) is 0.526. The van der Waals surface area contributed by atoms with Crippen LogP contribution in [0.1, 0.15) is 18.1 Å². The Labute approximate surface area is 159 Å². The zero-order chi connectivity index (χ0) is 20.1. The number of H-pyrrole nitrogens is 1. The molecular formula is C19H19F3N4O2. The highest BCUT2D eigenvalue weighted by molar-refractivity contribution is 5.91. The number of fused-ring (bicyclic) bond motifs is 1. The number of aromatic nitrogens is 2. The summed E-state index contributed by atoms with van der Waals surface area (Å²) in [5, 5.41) is 13.0. The number of anilines is 2. The second-order valence-electron chi connectivity index (χ2n) is 6.07. The molecule has 0 aliphatic carbocycles. The van der Waals surface area contributed by atoms with E-state index in [4.69, 9.17) is 4.74 Å². The molecule has 0 bridgehead atoms. The normalized spacial score (nSPS) is 11.4. The summed E-state index contributed by atoms with van der Waals surface area (Å²) in [6.45, 7) is 2.38. The maximum Gasteiger partial charge on any atom is 0.416 e. The van der Waals surface area contributed by atoms with Crippen molar-refractivity contribution in [3.05, 3.63) is 53.7 Å². The number of alkyl halides is 3. The van der Waals surface area contributed by atoms with E-state index in [0.717, 1.165) is 17.7 Å². The third-order valence-corrected chi connectivity index (χ3v) is 4.04. The van der Waals surface area contributed by atoms with Gasteiger partial charge in [-0.05, 0) is 36.8 Å². The fourth-order valence-electron chi connectivity index (χ4n) is 2.74. The van der Waals surface area contributed by atoms with Crippen LogP contribution in [0.2, 0.25) is 0 Å². The average Bonchev–Trinajstić information content (AvgIpc) is 3.13. The van der Waals surface area contributed by atoms with Crippen molar-refractivity contribution in [2.45, 2.75) is 19.6 Å². The number of nitrogens with zero attached hydrogens (tertiary/aromatic N) is 1. The van der Waals surface area contributed by atoms with Gasteiger partial charge in [0.05, 0.1) is 23.9 Å². The van der Waals surface area contributed by atoms with Crippen LogP contribution in [0.4, 0.5) is 24.5 Å². The van der Waals surface area contributed by atoms with Crippen molar-refractivity contribution in [2.24, 2.45) is 0 Å². The van der Waals surface area contributed by atoms with E-state index in [0.29, 0.717) is 35.4 Å². The Morgan fingerprint density at radius 1 is 1.21 bits per heavy atom. The minimum absolute atomic E-state index is 0.0357. The molecule has 1 heterocycles. The van der Waals surface area contributed by atoms with Crippen LogP contribution in [0.5, 0.6) is 0 Å². The van der Waals surface area contributed by atoms with Gasteiger partial charge in [-0.1, -0.05) is 12.1 Å². The van der Waals surface area contributed by atoms with Crippen molar-refractivity contribution in [1.29, 1.82) is 0 Å². The number of ether oxygens (including phenoxy) is 1. The first-order valence-electron chi connectivity index (χ1n) is 8.63. The van der Waals surface area contributed by atoms with Gasteiger partial charge in [0.1, 0.15) is 6.54 Å². The molecule has 2 aromatic carbocycles. The molecule has 0 aliphatic heterocycles. The first kappa shape index (κ1) is 19.5. The third-order valence-electron chi connectivity index (χ3n) is 4.04. The fourth-order valence-corrected chi connectivity index (χ4v) is 2.74. The smallest absolute Gasteiger partial charge is 0.416 e. The zero-order valence-electron chi connectivity index (χ0n) is 15.1. The lowest BCUT2D eigenvalue weighted by Gasteiger charge is -2.13. The number of esters is 1. The van der Waals surface area contributed by atoms with Gasteiger partial charge in [0.15, 0.2) is 0 Å². The molecule has 148 valence electrons. The summed E-state index contributed by atoms with van der Waals surface area (Å²) >= 11 is 0. The van der Waals surface area contributed by atoms with Gasteiger partial charge in [-0.15, -0.1) is 0 Å². The summed E-state index contributed by atoms with van der Waals surface area (Å²) < 4.78 is 44.2. The first-order valence-corrected chi connectivity index (χ1v) is 8.63. The molecule has 0 atom stereocenters. The maximum atomic E-state index is 13.1. The molecule has 0 spiro atoms. The fraction of sp³-hybridized carbons (Fsp3) is 0.263. The molecule has 3 N–H and O–H groups in total. The molecule has 0 saturated carbocycles. The SMILES string of the molecule is CCOC(=O)CNc1cccc(CNc2cc(C(F)(F)F)cc3[nH]ncc23)c1. The lowest BCUT2D eigenvalue weighted by Crippen LogP contribution is -2.16. The van der Waals surface area contributed by atoms with Gasteiger partial charge in [-0.3, -0.25) is 9.89 Å². The van der Waals surface area contributed by atoms with E-state index in [2.05, 4.69) is 20.8 Å². The number of aromatic amines is 1. The van der Waals surface area contributed by atoms with Crippen molar-refractivity contribution in [1.82, 2.24) is 10.2 Å². The number of carbonyl (C=O) groups excluding carboxylic acids is 1. The second-order valence-corrected chi connectivity index (χ2v) is 6.07. The van der Waals surface area contributed by atoms with Gasteiger partial charge in [0, 0.05) is 23.3 Å². The van der Waals surface area contributed by atoms with Crippen molar-refractivity contribution < 1.29 is 22.7 Å². The molecule has 3 aromatic rings. The average molecular weight is 392 g/mol. The minimum Gasteiger partial charge on any atom is -0.465 e. The van der Waals surface area contributed by atoms with Crippen LogP contribution in [0.25, 0.3) is 10.9 Å². The molecule has 28 heavy (non-hydrogen) atoms. The summed E-state index contributed by atoms with van der Waals surface area (Å²) in [4.78, 5) is 11.4. The molecular weight excluding hydrogens is 373 g/mol. The van der Waals surface area contributed by atoms with E-state index < -0.39 is 11.7 Å². The monoisotopic (exact) mass is 392 g/mol. The molecule has 0 fully saturated rings. The third kappa shape index (κ3) is 4.73. The summed E-state index contributed by atoms with van der Waals surface area (Å²) in [6.07, 6.45) is -2.97. The predicted octanol–water partition coefficient (Wildman–Crippen LogP) is 4.17. The summed E-state index contributed by atoms with van der Waals surface area (Å²) in [6, 6.07) is 9.34. The molecule has 9 heteroatoms. The Morgan fingerprint density at radius 3 is 2.79 bits per heavy atom. The lowest BCUT2D eigenvalue weighted by molar-refractivity contribution is -0.141. The Bertz CT molecular complexity index is 969. The molecule has 6 nitrogen and oxygen atoms in total. The second kappa shape index (κ2) is 8.20. The number of benzene rings is 2. The van der Waals surface area contributed by atoms with E-state index in [1.165, 1.54) is 6.20 Å². The van der Waals surface area contributed by atoms with Crippen LogP contribution in [0, 0.1) is 0 Å². The lowest BCUT2D eigenvalue weighted by atomic mass is 10.1. The highest BCUT2D eigenvalue weighted by Crippen LogP contribution is 2.34. The number of hydrogen-bond donors (Lipinski definition) is 3. The minimum atomic E-state index is -4.45. The standard InChI is InChI=1S/C19H19F3N4O2/c1-2-28-18(27)11-23-14-5-3-4-12(6-14)9-24-16-7-13(19(20,21)22)8-17-15(16)10-25-26-17/h3-8,10,23-24H,2,9,11H2,1H3,(H,25,26). The largest absolute Gasteiger partial charge is 0.465 e. The van der Waals surface area contributed by atoms with E-state index in [1.807, 2.05) is 12.1 Å². The summed E-state index contributed by atoms with van der Waals surface area (Å²) in [7, 11) is 0. The highest BCUT2D eigenvalue weighted by atomic mass is 19.4. The van der Waals surface area contributed by atoms with Gasteiger partial charge < -0.3 is 15.4 Å². The van der Waals surface area contributed by atoms with Crippen LogP contribution in [-0.2, 0) is 22.3 Å². The Balaban J connectivity index is 1.73. The van der Waals surface area contributed by atoms with E-state index in [-0.39, 0.29) is 12.5 Å². The van der Waals surface area contributed by atoms with Crippen LogP contribution in [0.3, 0.4) is 0 Å². The zero-order valence-corrected chi connectivity index (χ0v) is 15.1. The van der Waals surface area contributed by atoms with Gasteiger partial charge in [-0.25, -0.2) is 0 Å². The predicted molar refractivity (Wildman–Crippen MR) is 100.0 cm³/mol. The van der Waals surface area contributed by atoms with E-state index >= 15 is 0 Å². The molecule has 0 amide bonds. The molecule has 0 aliphatic rings. The van der Waals surface area contributed by atoms with Crippen LogP contribution < -0.4 is 10.6 Å². The topological polar surface area (TPSA) is 79.0 Å². The molecule has 0 unspecified atom stereocenters. The van der Waals surface area contributed by atoms with Gasteiger partial charge >= 0.3 is 12.1 Å². The molecule has 0 saturated heterocycles. The summed E-state index contributed by atoms with van der Waals surface area (Å²) in [5.74, 6) is -0.364. The van der Waals surface area contributed by atoms with Crippen molar-refractivity contribution in [2.75, 3.05) is 23.8 Å².